The van der Waals surface area contributed by atoms with E-state index in [1.165, 1.54) is 12.1 Å². The number of amides is 1. The van der Waals surface area contributed by atoms with Crippen LogP contribution in [-0.4, -0.2) is 27.3 Å². The number of carboxylic acid groups (broad SMARTS) is 1. The molecular weight excluding hydrogens is 665 g/mol. The number of fused-ring (bicyclic) bond motifs is 2. The number of anilines is 1. The van der Waals surface area contributed by atoms with Crippen molar-refractivity contribution in [2.75, 3.05) is 5.32 Å². The van der Waals surface area contributed by atoms with Crippen LogP contribution in [0.5, 0.6) is 11.5 Å². The van der Waals surface area contributed by atoms with Gasteiger partial charge in [-0.05, 0) is 77.7 Å². The summed E-state index contributed by atoms with van der Waals surface area (Å²) in [5.41, 5.74) is 4.30. The fraction of sp³-hybridized carbons (Fsp3) is 0.133. The van der Waals surface area contributed by atoms with Crippen LogP contribution in [0.3, 0.4) is 0 Å². The van der Waals surface area contributed by atoms with Crippen LogP contribution >= 0.6 is 0 Å². The van der Waals surface area contributed by atoms with E-state index in [4.69, 9.17) is 9.47 Å². The Morgan fingerprint density at radius 3 is 2.09 bits per heavy atom. The molecule has 7 rings (SSSR count). The highest BCUT2D eigenvalue weighted by atomic mass is 16.5. The Morgan fingerprint density at radius 1 is 0.623 bits per heavy atom. The Hall–Kier alpha value is -6.67. The highest BCUT2D eigenvalue weighted by Crippen LogP contribution is 2.34. The molecule has 0 unspecified atom stereocenters. The molecule has 0 radical (unpaired) electrons. The second kappa shape index (κ2) is 16.1. The molecule has 8 heteroatoms. The average molecular weight is 703 g/mol. The van der Waals surface area contributed by atoms with E-state index in [0.717, 1.165) is 32.9 Å². The van der Waals surface area contributed by atoms with E-state index in [1.54, 1.807) is 12.1 Å². The van der Waals surface area contributed by atoms with Gasteiger partial charge >= 0.3 is 5.97 Å². The highest BCUT2D eigenvalue weighted by molar-refractivity contribution is 6.17. The minimum Gasteiger partial charge on any atom is -0.489 e. The summed E-state index contributed by atoms with van der Waals surface area (Å²) in [6.45, 7) is 1.05. The van der Waals surface area contributed by atoms with Gasteiger partial charge in [0.1, 0.15) is 24.7 Å². The Morgan fingerprint density at radius 2 is 1.30 bits per heavy atom. The zero-order chi connectivity index (χ0) is 36.6. The van der Waals surface area contributed by atoms with E-state index in [9.17, 15) is 19.5 Å². The van der Waals surface area contributed by atoms with Crippen molar-refractivity contribution in [2.24, 2.45) is 0 Å². The van der Waals surface area contributed by atoms with Crippen molar-refractivity contribution >= 4 is 45.0 Å². The molecule has 0 aliphatic carbocycles. The number of ether oxygens (including phenoxy) is 2. The van der Waals surface area contributed by atoms with Crippen molar-refractivity contribution in [3.05, 3.63) is 174 Å². The first-order valence-corrected chi connectivity index (χ1v) is 17.6. The molecule has 0 spiro atoms. The monoisotopic (exact) mass is 702 g/mol. The van der Waals surface area contributed by atoms with E-state index in [2.05, 4.69) is 16.0 Å². The molecule has 0 aliphatic heterocycles. The number of benzene rings is 6. The van der Waals surface area contributed by atoms with E-state index in [0.29, 0.717) is 54.3 Å². The minimum absolute atomic E-state index is 0.107. The first kappa shape index (κ1) is 34.8. The molecule has 1 amide bonds. The number of carbonyl (C=O) groups is 3. The van der Waals surface area contributed by atoms with Crippen molar-refractivity contribution in [1.82, 2.24) is 4.57 Å². The van der Waals surface area contributed by atoms with Gasteiger partial charge in [0, 0.05) is 35.1 Å². The van der Waals surface area contributed by atoms with Gasteiger partial charge in [-0.2, -0.15) is 0 Å². The molecule has 0 aliphatic rings. The fourth-order valence-corrected chi connectivity index (χ4v) is 6.53. The topological polar surface area (TPSA) is 107 Å². The maximum Gasteiger partial charge on any atom is 0.335 e. The van der Waals surface area contributed by atoms with Crippen LogP contribution in [0, 0.1) is 0 Å². The first-order valence-electron chi connectivity index (χ1n) is 17.6. The number of hydrogen-bond donors (Lipinski definition) is 2. The number of unbranched alkanes of at least 4 members (excludes halogenated alkanes) is 1. The van der Waals surface area contributed by atoms with Crippen molar-refractivity contribution in [2.45, 2.75) is 39.0 Å². The lowest BCUT2D eigenvalue weighted by molar-refractivity contribution is -0.116. The van der Waals surface area contributed by atoms with Crippen LogP contribution in [0.2, 0.25) is 0 Å². The molecule has 264 valence electrons. The number of ketones is 1. The molecule has 8 nitrogen and oxygen atoms in total. The number of aryl methyl sites for hydroxylation is 1. The summed E-state index contributed by atoms with van der Waals surface area (Å²) in [7, 11) is 0. The largest absolute Gasteiger partial charge is 0.489 e. The van der Waals surface area contributed by atoms with Crippen LogP contribution < -0.4 is 14.8 Å². The SMILES string of the molecule is O=C(CCCCn1c(COc2ccc3ccccc3c2)c(C(=O)c2ccccc2)c2cc(OCc3ccccc3)ccc21)Nc1cccc(C(=O)O)c1. The lowest BCUT2D eigenvalue weighted by atomic mass is 10.00. The van der Waals surface area contributed by atoms with Crippen molar-refractivity contribution in [3.8, 4) is 11.5 Å². The zero-order valence-corrected chi connectivity index (χ0v) is 29.0. The minimum atomic E-state index is -1.06. The van der Waals surface area contributed by atoms with Gasteiger partial charge < -0.3 is 24.5 Å². The lowest BCUT2D eigenvalue weighted by Gasteiger charge is -2.14. The third kappa shape index (κ3) is 8.29. The molecule has 6 aromatic carbocycles. The molecule has 0 bridgehead atoms. The van der Waals surface area contributed by atoms with Gasteiger partial charge in [0.15, 0.2) is 5.78 Å². The van der Waals surface area contributed by atoms with E-state index in [-0.39, 0.29) is 30.3 Å². The number of nitrogens with one attached hydrogen (secondary N) is 1. The van der Waals surface area contributed by atoms with Crippen molar-refractivity contribution in [1.29, 1.82) is 0 Å². The quantitative estimate of drug-likeness (QED) is 0.0814. The molecule has 1 aromatic heterocycles. The molecule has 53 heavy (non-hydrogen) atoms. The van der Waals surface area contributed by atoms with Crippen LogP contribution in [0.1, 0.15) is 56.8 Å². The summed E-state index contributed by atoms with van der Waals surface area (Å²) in [5.74, 6) is -0.0413. The molecule has 7 aromatic rings. The maximum absolute atomic E-state index is 14.4. The predicted molar refractivity (Wildman–Crippen MR) is 207 cm³/mol. The van der Waals surface area contributed by atoms with Gasteiger partial charge in [-0.3, -0.25) is 9.59 Å². The van der Waals surface area contributed by atoms with Crippen LogP contribution in [0.4, 0.5) is 5.69 Å². The zero-order valence-electron chi connectivity index (χ0n) is 29.0. The van der Waals surface area contributed by atoms with Crippen LogP contribution in [0.25, 0.3) is 21.7 Å². The summed E-state index contributed by atoms with van der Waals surface area (Å²) in [6.07, 6.45) is 1.45. The Labute approximate surface area is 307 Å². The summed E-state index contributed by atoms with van der Waals surface area (Å²) >= 11 is 0. The summed E-state index contributed by atoms with van der Waals surface area (Å²) in [4.78, 5) is 38.6. The molecule has 0 fully saturated rings. The maximum atomic E-state index is 14.4. The number of rotatable bonds is 15. The third-order valence-electron chi connectivity index (χ3n) is 9.18. The molecular formula is C45H38N2O6. The molecule has 0 saturated heterocycles. The Bertz CT molecular complexity index is 2400. The van der Waals surface area contributed by atoms with Gasteiger partial charge in [-0.15, -0.1) is 0 Å². The second-order valence-electron chi connectivity index (χ2n) is 12.8. The lowest BCUT2D eigenvalue weighted by Crippen LogP contribution is -2.13. The van der Waals surface area contributed by atoms with Gasteiger partial charge in [0.25, 0.3) is 0 Å². The number of nitrogens with zero attached hydrogens (tertiary/aromatic N) is 1. The number of carbonyl (C=O) groups excluding carboxylic acids is 2. The van der Waals surface area contributed by atoms with Crippen LogP contribution in [0.15, 0.2) is 146 Å². The number of hydrogen-bond acceptors (Lipinski definition) is 5. The van der Waals surface area contributed by atoms with E-state index in [1.807, 2.05) is 115 Å². The molecule has 0 saturated carbocycles. The fourth-order valence-electron chi connectivity index (χ4n) is 6.53. The summed E-state index contributed by atoms with van der Waals surface area (Å²) in [6, 6.07) is 45.3. The van der Waals surface area contributed by atoms with Crippen molar-refractivity contribution < 1.29 is 29.0 Å². The summed E-state index contributed by atoms with van der Waals surface area (Å²) in [5, 5.41) is 15.0. The molecule has 2 N–H and O–H groups in total. The normalized spacial score (nSPS) is 11.0. The van der Waals surface area contributed by atoms with Crippen LogP contribution in [-0.2, 0) is 24.6 Å². The highest BCUT2D eigenvalue weighted by Gasteiger charge is 2.25. The van der Waals surface area contributed by atoms with Gasteiger partial charge in [0.05, 0.1) is 16.8 Å². The van der Waals surface area contributed by atoms with Gasteiger partial charge in [-0.1, -0.05) is 97.1 Å². The smallest absolute Gasteiger partial charge is 0.335 e. The van der Waals surface area contributed by atoms with Crippen molar-refractivity contribution in [3.63, 3.8) is 0 Å². The van der Waals surface area contributed by atoms with Gasteiger partial charge in [-0.25, -0.2) is 4.79 Å². The predicted octanol–water partition coefficient (Wildman–Crippen LogP) is 9.69. The standard InChI is InChI=1S/C45H38N2O6/c48-42(46-36-19-11-18-35(26-36)45(50)51)20-9-10-25-47-40-24-23-38(52-29-31-12-3-1-4-13-31)28-39(40)43(44(49)33-15-5-2-6-16-33)41(47)30-53-37-22-21-32-14-7-8-17-34(32)27-37/h1-8,11-19,21-24,26-28H,9-10,20,25,29-30H2,(H,46,48)(H,50,51). The summed E-state index contributed by atoms with van der Waals surface area (Å²) < 4.78 is 14.8. The second-order valence-corrected chi connectivity index (χ2v) is 12.8. The number of aromatic carboxylic acids is 1. The molecule has 1 heterocycles. The average Bonchev–Trinajstić information content (AvgIpc) is 3.50. The first-order chi connectivity index (χ1) is 25.9. The Kier molecular flexibility index (Phi) is 10.6. The van der Waals surface area contributed by atoms with E-state index < -0.39 is 5.97 Å². The van der Waals surface area contributed by atoms with E-state index >= 15 is 0 Å². The number of carboxylic acids is 1. The third-order valence-corrected chi connectivity index (χ3v) is 9.18. The van der Waals surface area contributed by atoms with Gasteiger partial charge in [0.2, 0.25) is 5.91 Å². The molecule has 0 atom stereocenters. The number of aromatic nitrogens is 1. The Balaban J connectivity index is 1.20.